The van der Waals surface area contributed by atoms with E-state index in [1.807, 2.05) is 0 Å². The summed E-state index contributed by atoms with van der Waals surface area (Å²) in [6, 6.07) is 9.38. The number of benzene rings is 1. The smallest absolute Gasteiger partial charge is 0.0474 e. The molecule has 0 radical (unpaired) electrons. The van der Waals surface area contributed by atoms with Crippen molar-refractivity contribution >= 4 is 0 Å². The van der Waals surface area contributed by atoms with E-state index in [0.29, 0.717) is 6.04 Å². The van der Waals surface area contributed by atoms with E-state index in [1.54, 1.807) is 0 Å². The van der Waals surface area contributed by atoms with Gasteiger partial charge in [0, 0.05) is 12.6 Å². The number of aliphatic hydroxyl groups excluding tert-OH is 1. The van der Waals surface area contributed by atoms with E-state index < -0.39 is 0 Å². The highest BCUT2D eigenvalue weighted by atomic mass is 16.3. The third-order valence-corrected chi connectivity index (χ3v) is 4.48. The molecule has 20 heavy (non-hydrogen) atoms. The zero-order valence-electron chi connectivity index (χ0n) is 13.4. The Balaban J connectivity index is 2.24. The highest BCUT2D eigenvalue weighted by Crippen LogP contribution is 2.33. The summed E-state index contributed by atoms with van der Waals surface area (Å²) < 4.78 is 0. The average molecular weight is 275 g/mol. The van der Waals surface area contributed by atoms with Crippen molar-refractivity contribution in [2.75, 3.05) is 19.7 Å². The van der Waals surface area contributed by atoms with Gasteiger partial charge in [0.1, 0.15) is 0 Å². The van der Waals surface area contributed by atoms with Gasteiger partial charge in [-0.2, -0.15) is 0 Å². The number of nitrogens with zero attached hydrogens (tertiary/aromatic N) is 1. The Morgan fingerprint density at radius 1 is 1.10 bits per heavy atom. The van der Waals surface area contributed by atoms with Crippen LogP contribution in [-0.2, 0) is 5.41 Å². The van der Waals surface area contributed by atoms with Gasteiger partial charge in [-0.3, -0.25) is 4.90 Å². The molecule has 2 nitrogen and oxygen atoms in total. The van der Waals surface area contributed by atoms with Crippen LogP contribution in [0.4, 0.5) is 0 Å². The van der Waals surface area contributed by atoms with E-state index in [0.717, 1.165) is 13.1 Å². The minimum atomic E-state index is 0.199. The summed E-state index contributed by atoms with van der Waals surface area (Å²) in [5.41, 5.74) is 2.92. The Morgan fingerprint density at radius 2 is 1.65 bits per heavy atom. The molecule has 1 fully saturated rings. The van der Waals surface area contributed by atoms with Crippen molar-refractivity contribution in [2.45, 2.75) is 52.0 Å². The van der Waals surface area contributed by atoms with Crippen molar-refractivity contribution in [2.24, 2.45) is 5.92 Å². The number of hydrogen-bond acceptors (Lipinski definition) is 2. The van der Waals surface area contributed by atoms with Crippen LogP contribution in [0.5, 0.6) is 0 Å². The van der Waals surface area contributed by atoms with E-state index in [9.17, 15) is 5.11 Å². The fraction of sp³-hybridized carbons (Fsp3) is 0.667. The summed E-state index contributed by atoms with van der Waals surface area (Å²) in [6.45, 7) is 11.5. The first kappa shape index (κ1) is 15.5. The largest absolute Gasteiger partial charge is 0.396 e. The second kappa shape index (κ2) is 6.28. The van der Waals surface area contributed by atoms with E-state index in [4.69, 9.17) is 0 Å². The third-order valence-electron chi connectivity index (χ3n) is 4.48. The summed E-state index contributed by atoms with van der Waals surface area (Å²) in [7, 11) is 0. The summed E-state index contributed by atoms with van der Waals surface area (Å²) in [6.07, 6.45) is 2.57. The maximum Gasteiger partial charge on any atom is 0.0474 e. The van der Waals surface area contributed by atoms with Crippen LogP contribution in [0.2, 0.25) is 0 Å². The Morgan fingerprint density at radius 3 is 2.10 bits per heavy atom. The van der Waals surface area contributed by atoms with Crippen molar-refractivity contribution in [3.63, 3.8) is 0 Å². The van der Waals surface area contributed by atoms with E-state index in [2.05, 4.69) is 56.9 Å². The topological polar surface area (TPSA) is 23.5 Å². The fourth-order valence-electron chi connectivity index (χ4n) is 3.20. The molecule has 2 atom stereocenters. The van der Waals surface area contributed by atoms with Gasteiger partial charge < -0.3 is 5.11 Å². The van der Waals surface area contributed by atoms with Gasteiger partial charge in [-0.1, -0.05) is 52.0 Å². The van der Waals surface area contributed by atoms with Crippen LogP contribution in [-0.4, -0.2) is 29.7 Å². The van der Waals surface area contributed by atoms with E-state index in [-0.39, 0.29) is 17.9 Å². The maximum absolute atomic E-state index is 9.58. The molecule has 2 unspecified atom stereocenters. The van der Waals surface area contributed by atoms with Gasteiger partial charge in [0.25, 0.3) is 0 Å². The lowest BCUT2D eigenvalue weighted by molar-refractivity contribution is 0.126. The molecule has 0 saturated carbocycles. The van der Waals surface area contributed by atoms with E-state index >= 15 is 0 Å². The fourth-order valence-corrected chi connectivity index (χ4v) is 3.20. The third kappa shape index (κ3) is 3.42. The van der Waals surface area contributed by atoms with Crippen LogP contribution in [0.1, 0.15) is 57.7 Å². The number of hydrogen-bond donors (Lipinski definition) is 1. The molecular weight excluding hydrogens is 246 g/mol. The molecule has 2 heteroatoms. The summed E-state index contributed by atoms with van der Waals surface area (Å²) >= 11 is 0. The van der Waals surface area contributed by atoms with Crippen molar-refractivity contribution in [3.05, 3.63) is 35.4 Å². The molecule has 1 saturated heterocycles. The lowest BCUT2D eigenvalue weighted by atomic mass is 9.85. The molecule has 0 bridgehead atoms. The van der Waals surface area contributed by atoms with Crippen LogP contribution >= 0.6 is 0 Å². The minimum Gasteiger partial charge on any atom is -0.396 e. The lowest BCUT2D eigenvalue weighted by Gasteiger charge is -2.32. The lowest BCUT2D eigenvalue weighted by Crippen LogP contribution is -2.32. The van der Waals surface area contributed by atoms with Crippen LogP contribution in [0.3, 0.4) is 0 Å². The molecule has 2 rings (SSSR count). The van der Waals surface area contributed by atoms with Gasteiger partial charge in [-0.25, -0.2) is 0 Å². The molecule has 0 amide bonds. The molecule has 1 heterocycles. The van der Waals surface area contributed by atoms with Crippen LogP contribution in [0.15, 0.2) is 24.3 Å². The second-order valence-electron chi connectivity index (χ2n) is 7.22. The van der Waals surface area contributed by atoms with Crippen LogP contribution in [0, 0.1) is 5.92 Å². The van der Waals surface area contributed by atoms with Crippen molar-refractivity contribution in [1.29, 1.82) is 0 Å². The predicted octanol–water partition coefficient (Wildman–Crippen LogP) is 3.75. The Bertz CT molecular complexity index is 412. The highest BCUT2D eigenvalue weighted by molar-refractivity contribution is 5.29. The molecule has 1 aromatic carbocycles. The first-order valence-electron chi connectivity index (χ1n) is 7.89. The van der Waals surface area contributed by atoms with Crippen molar-refractivity contribution < 1.29 is 5.11 Å². The highest BCUT2D eigenvalue weighted by Gasteiger charge is 2.28. The SMILES string of the molecule is CC(CO)C(c1ccc(C(C)(C)C)cc1)N1CCCC1. The van der Waals surface area contributed by atoms with Crippen LogP contribution < -0.4 is 0 Å². The maximum atomic E-state index is 9.58. The Hall–Kier alpha value is -0.860. The molecule has 1 N–H and O–H groups in total. The number of rotatable bonds is 4. The molecular formula is C18H29NO. The molecule has 0 aromatic heterocycles. The van der Waals surface area contributed by atoms with Gasteiger partial charge >= 0.3 is 0 Å². The number of aliphatic hydroxyl groups is 1. The quantitative estimate of drug-likeness (QED) is 0.904. The van der Waals surface area contributed by atoms with Gasteiger partial charge in [0.05, 0.1) is 0 Å². The molecule has 112 valence electrons. The molecule has 0 spiro atoms. The number of likely N-dealkylation sites (tertiary alicyclic amines) is 1. The van der Waals surface area contributed by atoms with Crippen LogP contribution in [0.25, 0.3) is 0 Å². The van der Waals surface area contributed by atoms with E-state index in [1.165, 1.54) is 24.0 Å². The van der Waals surface area contributed by atoms with Gasteiger partial charge in [0.15, 0.2) is 0 Å². The van der Waals surface area contributed by atoms with Gasteiger partial charge in [0.2, 0.25) is 0 Å². The zero-order chi connectivity index (χ0) is 14.8. The predicted molar refractivity (Wildman–Crippen MR) is 84.9 cm³/mol. The summed E-state index contributed by atoms with van der Waals surface area (Å²) in [4.78, 5) is 2.53. The molecule has 1 aliphatic rings. The Kier molecular flexibility index (Phi) is 4.87. The molecule has 0 aliphatic carbocycles. The summed E-state index contributed by atoms with van der Waals surface area (Å²) in [5, 5.41) is 9.58. The molecule has 1 aliphatic heterocycles. The first-order valence-corrected chi connectivity index (χ1v) is 7.89. The monoisotopic (exact) mass is 275 g/mol. The van der Waals surface area contributed by atoms with Gasteiger partial charge in [-0.05, 0) is 48.4 Å². The Labute approximate surface area is 123 Å². The van der Waals surface area contributed by atoms with Crippen molar-refractivity contribution in [1.82, 2.24) is 4.90 Å². The second-order valence-corrected chi connectivity index (χ2v) is 7.22. The normalized spacial score (nSPS) is 20.1. The first-order chi connectivity index (χ1) is 9.43. The standard InChI is InChI=1S/C18H29NO/c1-14(13-20)17(19-11-5-6-12-19)15-7-9-16(10-8-15)18(2,3)4/h7-10,14,17,20H,5-6,11-13H2,1-4H3. The zero-order valence-corrected chi connectivity index (χ0v) is 13.4. The molecule has 1 aromatic rings. The average Bonchev–Trinajstić information content (AvgIpc) is 2.92. The van der Waals surface area contributed by atoms with Gasteiger partial charge in [-0.15, -0.1) is 0 Å². The van der Waals surface area contributed by atoms with Crippen molar-refractivity contribution in [3.8, 4) is 0 Å². The summed E-state index contributed by atoms with van der Waals surface area (Å²) in [5.74, 6) is 0.286. The minimum absolute atomic E-state index is 0.199.